The van der Waals surface area contributed by atoms with E-state index in [1.54, 1.807) is 6.08 Å². The fourth-order valence-electron chi connectivity index (χ4n) is 3.52. The zero-order chi connectivity index (χ0) is 16.0. The first-order valence-electron chi connectivity index (χ1n) is 7.96. The van der Waals surface area contributed by atoms with E-state index in [0.29, 0.717) is 0 Å². The molecule has 23 heavy (non-hydrogen) atoms. The van der Waals surface area contributed by atoms with Gasteiger partial charge in [-0.25, -0.2) is 0 Å². The van der Waals surface area contributed by atoms with E-state index in [-0.39, 0.29) is 11.3 Å². The van der Waals surface area contributed by atoms with Gasteiger partial charge in [0, 0.05) is 29.5 Å². The Kier molecular flexibility index (Phi) is 3.02. The second kappa shape index (κ2) is 4.95. The second-order valence-corrected chi connectivity index (χ2v) is 6.72. The Morgan fingerprint density at radius 3 is 2.30 bits per heavy atom. The molecular formula is C21H19NO. The highest BCUT2D eigenvalue weighted by atomic mass is 16.1. The zero-order valence-corrected chi connectivity index (χ0v) is 13.4. The molecule has 0 N–H and O–H groups in total. The Morgan fingerprint density at radius 2 is 1.57 bits per heavy atom. The van der Waals surface area contributed by atoms with Crippen molar-refractivity contribution in [1.29, 1.82) is 0 Å². The third-order valence-corrected chi connectivity index (χ3v) is 4.69. The van der Waals surface area contributed by atoms with E-state index in [0.717, 1.165) is 23.4 Å². The van der Waals surface area contributed by atoms with Crippen molar-refractivity contribution in [3.8, 4) is 0 Å². The summed E-state index contributed by atoms with van der Waals surface area (Å²) in [6.07, 6.45) is 4.08. The maximum atomic E-state index is 12.5. The third-order valence-electron chi connectivity index (χ3n) is 4.69. The van der Waals surface area contributed by atoms with Crippen LogP contribution in [0, 0.1) is 0 Å². The topological polar surface area (TPSA) is 20.3 Å². The van der Waals surface area contributed by atoms with E-state index in [9.17, 15) is 4.79 Å². The lowest BCUT2D eigenvalue weighted by molar-refractivity contribution is 0.104. The Balaban J connectivity index is 1.79. The van der Waals surface area contributed by atoms with Crippen molar-refractivity contribution in [3.05, 3.63) is 89.1 Å². The standard InChI is InChI=1S/C21H19NO/c1-21(2)13-18-16-10-6-7-11-17(16)20(23)12-19(18)22(21)14-15-8-4-3-5-9-15/h3-13H,14H2,1-2H3. The number of carbonyl (C=O) groups excluding carboxylic acids is 1. The first-order chi connectivity index (χ1) is 11.1. The van der Waals surface area contributed by atoms with Crippen molar-refractivity contribution >= 4 is 11.4 Å². The van der Waals surface area contributed by atoms with Crippen LogP contribution in [0.1, 0.15) is 35.3 Å². The van der Waals surface area contributed by atoms with Gasteiger partial charge < -0.3 is 4.90 Å². The summed E-state index contributed by atoms with van der Waals surface area (Å²) in [5.41, 5.74) is 5.22. The number of rotatable bonds is 2. The van der Waals surface area contributed by atoms with Crippen molar-refractivity contribution in [3.63, 3.8) is 0 Å². The largest absolute Gasteiger partial charge is 0.358 e. The van der Waals surface area contributed by atoms with Crippen molar-refractivity contribution in [1.82, 2.24) is 4.90 Å². The van der Waals surface area contributed by atoms with Gasteiger partial charge in [0.1, 0.15) is 0 Å². The van der Waals surface area contributed by atoms with E-state index in [2.05, 4.69) is 49.1 Å². The van der Waals surface area contributed by atoms with Gasteiger partial charge in [-0.15, -0.1) is 0 Å². The molecule has 2 heteroatoms. The maximum absolute atomic E-state index is 12.5. The average molecular weight is 301 g/mol. The second-order valence-electron chi connectivity index (χ2n) is 6.72. The summed E-state index contributed by atoms with van der Waals surface area (Å²) < 4.78 is 0. The molecule has 0 bridgehead atoms. The lowest BCUT2D eigenvalue weighted by atomic mass is 9.90. The van der Waals surface area contributed by atoms with Crippen LogP contribution in [0.4, 0.5) is 0 Å². The Labute approximate surface area is 136 Å². The first-order valence-corrected chi connectivity index (χ1v) is 7.96. The summed E-state index contributed by atoms with van der Waals surface area (Å²) >= 11 is 0. The monoisotopic (exact) mass is 301 g/mol. The molecule has 0 radical (unpaired) electrons. The molecule has 0 saturated carbocycles. The van der Waals surface area contributed by atoms with Gasteiger partial charge in [-0.3, -0.25) is 4.79 Å². The molecule has 0 unspecified atom stereocenters. The van der Waals surface area contributed by atoms with E-state index >= 15 is 0 Å². The molecule has 0 atom stereocenters. The van der Waals surface area contributed by atoms with Crippen LogP contribution in [-0.4, -0.2) is 16.2 Å². The molecule has 2 nitrogen and oxygen atoms in total. The number of hydrogen-bond donors (Lipinski definition) is 0. The average Bonchev–Trinajstić information content (AvgIpc) is 2.80. The van der Waals surface area contributed by atoms with Crippen LogP contribution in [0.2, 0.25) is 0 Å². The molecule has 0 saturated heterocycles. The fourth-order valence-corrected chi connectivity index (χ4v) is 3.52. The molecular weight excluding hydrogens is 282 g/mol. The van der Waals surface area contributed by atoms with Gasteiger partial charge in [0.05, 0.1) is 5.54 Å². The smallest absolute Gasteiger partial charge is 0.188 e. The van der Waals surface area contributed by atoms with Crippen LogP contribution >= 0.6 is 0 Å². The van der Waals surface area contributed by atoms with Crippen LogP contribution in [-0.2, 0) is 6.54 Å². The van der Waals surface area contributed by atoms with E-state index in [1.807, 2.05) is 30.3 Å². The van der Waals surface area contributed by atoms with Crippen LogP contribution < -0.4 is 0 Å². The van der Waals surface area contributed by atoms with Gasteiger partial charge in [0.2, 0.25) is 0 Å². The summed E-state index contributed by atoms with van der Waals surface area (Å²) in [5, 5.41) is 0. The lowest BCUT2D eigenvalue weighted by Gasteiger charge is -2.35. The van der Waals surface area contributed by atoms with E-state index in [4.69, 9.17) is 0 Å². The summed E-state index contributed by atoms with van der Waals surface area (Å²) in [6.45, 7) is 5.21. The van der Waals surface area contributed by atoms with Crippen LogP contribution in [0.3, 0.4) is 0 Å². The number of nitrogens with zero attached hydrogens (tertiary/aromatic N) is 1. The first kappa shape index (κ1) is 14.0. The molecule has 4 rings (SSSR count). The number of ketones is 1. The predicted molar refractivity (Wildman–Crippen MR) is 92.9 cm³/mol. The normalized spacial score (nSPS) is 18.2. The fraction of sp³-hybridized carbons (Fsp3) is 0.190. The number of hydrogen-bond acceptors (Lipinski definition) is 2. The summed E-state index contributed by atoms with van der Waals surface area (Å²) in [5.74, 6) is 0.100. The molecule has 2 aliphatic rings. The molecule has 1 heterocycles. The Hall–Kier alpha value is -2.61. The SMILES string of the molecule is CC1(C)C=C2C(=CC(=O)c3ccccc32)N1Cc1ccccc1. The lowest BCUT2D eigenvalue weighted by Crippen LogP contribution is -2.37. The maximum Gasteiger partial charge on any atom is 0.188 e. The number of allylic oxidation sites excluding steroid dienone is 2. The molecule has 114 valence electrons. The molecule has 1 aliphatic carbocycles. The third kappa shape index (κ3) is 2.22. The van der Waals surface area contributed by atoms with Gasteiger partial charge >= 0.3 is 0 Å². The van der Waals surface area contributed by atoms with Crippen LogP contribution in [0.15, 0.2) is 72.4 Å². The van der Waals surface area contributed by atoms with Crippen molar-refractivity contribution in [2.75, 3.05) is 0 Å². The predicted octanol–water partition coefficient (Wildman–Crippen LogP) is 4.44. The summed E-state index contributed by atoms with van der Waals surface area (Å²) in [6, 6.07) is 18.3. The van der Waals surface area contributed by atoms with Gasteiger partial charge in [-0.1, -0.05) is 54.6 Å². The van der Waals surface area contributed by atoms with Crippen molar-refractivity contribution in [2.45, 2.75) is 25.9 Å². The summed E-state index contributed by atoms with van der Waals surface area (Å²) in [7, 11) is 0. The van der Waals surface area contributed by atoms with Crippen LogP contribution in [0.25, 0.3) is 5.57 Å². The van der Waals surface area contributed by atoms with Gasteiger partial charge in [-0.2, -0.15) is 0 Å². The Morgan fingerprint density at radius 1 is 0.913 bits per heavy atom. The molecule has 2 aromatic rings. The van der Waals surface area contributed by atoms with E-state index in [1.165, 1.54) is 11.1 Å². The Bertz CT molecular complexity index is 843. The van der Waals surface area contributed by atoms with Gasteiger partial charge in [0.25, 0.3) is 0 Å². The van der Waals surface area contributed by atoms with Gasteiger partial charge in [-0.05, 0) is 31.1 Å². The summed E-state index contributed by atoms with van der Waals surface area (Å²) in [4.78, 5) is 14.8. The number of fused-ring (bicyclic) bond motifs is 3. The molecule has 2 aromatic carbocycles. The van der Waals surface area contributed by atoms with Crippen molar-refractivity contribution in [2.24, 2.45) is 0 Å². The quantitative estimate of drug-likeness (QED) is 0.817. The minimum absolute atomic E-state index is 0.100. The highest BCUT2D eigenvalue weighted by Crippen LogP contribution is 2.44. The molecule has 1 aliphatic heterocycles. The highest BCUT2D eigenvalue weighted by molar-refractivity contribution is 6.14. The minimum Gasteiger partial charge on any atom is -0.358 e. The van der Waals surface area contributed by atoms with Crippen molar-refractivity contribution < 1.29 is 4.79 Å². The molecule has 0 spiro atoms. The molecule has 0 aromatic heterocycles. The number of benzene rings is 2. The van der Waals surface area contributed by atoms with E-state index < -0.39 is 0 Å². The van der Waals surface area contributed by atoms with Gasteiger partial charge in [0.15, 0.2) is 5.78 Å². The van der Waals surface area contributed by atoms with Crippen LogP contribution in [0.5, 0.6) is 0 Å². The highest BCUT2D eigenvalue weighted by Gasteiger charge is 2.38. The molecule has 0 amide bonds. The minimum atomic E-state index is -0.116. The zero-order valence-electron chi connectivity index (χ0n) is 13.4. The molecule has 0 fully saturated rings. The number of carbonyl (C=O) groups is 1.